The summed E-state index contributed by atoms with van der Waals surface area (Å²) in [7, 11) is 0. The van der Waals surface area contributed by atoms with Crippen LogP contribution in [0, 0.1) is 0 Å². The number of para-hydroxylation sites is 1. The molecule has 0 saturated heterocycles. The Kier molecular flexibility index (Phi) is 3.19. The average molecular weight is 198 g/mol. The van der Waals surface area contributed by atoms with E-state index in [4.69, 9.17) is 5.11 Å². The van der Waals surface area contributed by atoms with Crippen molar-refractivity contribution in [3.05, 3.63) is 23.8 Å². The number of hydrogen-bond acceptors (Lipinski definition) is 3. The molecule has 0 atom stereocenters. The molecule has 0 fully saturated rings. The van der Waals surface area contributed by atoms with Crippen LogP contribution in [0.25, 0.3) is 0 Å². The lowest BCUT2D eigenvalue weighted by atomic mass is 10.2. The Bertz CT molecular complexity index is 323. The predicted octanol–water partition coefficient (Wildman–Crippen LogP) is 2.20. The van der Waals surface area contributed by atoms with Crippen LogP contribution in [-0.2, 0) is 0 Å². The summed E-state index contributed by atoms with van der Waals surface area (Å²) in [6.07, 6.45) is 0. The molecule has 1 aromatic rings. The Morgan fingerprint density at radius 2 is 2.23 bits per heavy atom. The molecule has 1 aromatic carbocycles. The fourth-order valence-corrected chi connectivity index (χ4v) is 1.70. The van der Waals surface area contributed by atoms with E-state index >= 15 is 0 Å². The first-order valence-corrected chi connectivity index (χ1v) is 4.83. The lowest BCUT2D eigenvalue weighted by molar-refractivity contribution is 0.0693. The molecule has 0 unspecified atom stereocenters. The fraction of sp³-hybridized carbons (Fsp3) is 0.222. The first-order chi connectivity index (χ1) is 6.16. The summed E-state index contributed by atoms with van der Waals surface area (Å²) >= 11 is 1.42. The highest BCUT2D eigenvalue weighted by Gasteiger charge is 2.12. The van der Waals surface area contributed by atoms with Gasteiger partial charge in [0.15, 0.2) is 0 Å². The highest BCUT2D eigenvalue weighted by Crippen LogP contribution is 2.30. The van der Waals surface area contributed by atoms with E-state index in [9.17, 15) is 9.90 Å². The van der Waals surface area contributed by atoms with E-state index in [1.807, 2.05) is 6.92 Å². The molecule has 2 N–H and O–H groups in total. The zero-order chi connectivity index (χ0) is 9.84. The van der Waals surface area contributed by atoms with E-state index in [1.165, 1.54) is 17.8 Å². The molecule has 0 aromatic heterocycles. The average Bonchev–Trinajstić information content (AvgIpc) is 2.08. The highest BCUT2D eigenvalue weighted by molar-refractivity contribution is 7.99. The summed E-state index contributed by atoms with van der Waals surface area (Å²) in [5.74, 6) is -0.436. The molecular weight excluding hydrogens is 188 g/mol. The quantitative estimate of drug-likeness (QED) is 0.731. The summed E-state index contributed by atoms with van der Waals surface area (Å²) in [6.45, 7) is 1.94. The van der Waals surface area contributed by atoms with Crippen LogP contribution in [0.4, 0.5) is 0 Å². The van der Waals surface area contributed by atoms with Crippen LogP contribution >= 0.6 is 11.8 Å². The molecule has 70 valence electrons. The summed E-state index contributed by atoms with van der Waals surface area (Å²) in [5, 5.41) is 18.2. The van der Waals surface area contributed by atoms with Gasteiger partial charge in [-0.15, -0.1) is 11.8 Å². The van der Waals surface area contributed by atoms with Gasteiger partial charge in [-0.05, 0) is 17.9 Å². The van der Waals surface area contributed by atoms with Gasteiger partial charge in [-0.2, -0.15) is 0 Å². The molecule has 0 bridgehead atoms. The van der Waals surface area contributed by atoms with E-state index < -0.39 is 5.97 Å². The van der Waals surface area contributed by atoms with Crippen LogP contribution in [0.2, 0.25) is 0 Å². The third-order valence-corrected chi connectivity index (χ3v) is 2.46. The molecule has 0 radical (unpaired) electrons. The molecular formula is C9H10O3S. The number of carbonyl (C=O) groups is 1. The molecule has 0 amide bonds. The van der Waals surface area contributed by atoms with Crippen molar-refractivity contribution in [1.82, 2.24) is 0 Å². The molecule has 0 heterocycles. The van der Waals surface area contributed by atoms with Crippen LogP contribution in [0.15, 0.2) is 23.1 Å². The summed E-state index contributed by atoms with van der Waals surface area (Å²) in [4.78, 5) is 11.2. The van der Waals surface area contributed by atoms with Gasteiger partial charge in [-0.25, -0.2) is 4.79 Å². The van der Waals surface area contributed by atoms with Crippen molar-refractivity contribution >= 4 is 17.7 Å². The van der Waals surface area contributed by atoms with Gasteiger partial charge in [-0.3, -0.25) is 0 Å². The second kappa shape index (κ2) is 4.18. The van der Waals surface area contributed by atoms with E-state index in [2.05, 4.69) is 0 Å². The number of phenols is 1. The minimum Gasteiger partial charge on any atom is -0.506 e. The second-order valence-electron chi connectivity index (χ2n) is 2.39. The Hall–Kier alpha value is -1.16. The normalized spacial score (nSPS) is 9.92. The number of carboxylic acids is 1. The van der Waals surface area contributed by atoms with E-state index in [0.717, 1.165) is 5.75 Å². The maximum Gasteiger partial charge on any atom is 0.339 e. The van der Waals surface area contributed by atoms with E-state index in [-0.39, 0.29) is 11.3 Å². The molecule has 0 aliphatic carbocycles. The Labute approximate surface area is 80.4 Å². The summed E-state index contributed by atoms with van der Waals surface area (Å²) < 4.78 is 0. The maximum atomic E-state index is 10.6. The number of rotatable bonds is 3. The second-order valence-corrected chi connectivity index (χ2v) is 3.70. The van der Waals surface area contributed by atoms with Crippen molar-refractivity contribution < 1.29 is 15.0 Å². The zero-order valence-electron chi connectivity index (χ0n) is 7.15. The van der Waals surface area contributed by atoms with Gasteiger partial charge in [0.05, 0.1) is 0 Å². The molecule has 3 nitrogen and oxygen atoms in total. The Morgan fingerprint density at radius 1 is 1.54 bits per heavy atom. The third kappa shape index (κ3) is 2.15. The van der Waals surface area contributed by atoms with Gasteiger partial charge >= 0.3 is 5.97 Å². The van der Waals surface area contributed by atoms with Crippen molar-refractivity contribution in [3.63, 3.8) is 0 Å². The summed E-state index contributed by atoms with van der Waals surface area (Å²) in [6, 6.07) is 4.72. The molecule has 0 saturated carbocycles. The molecule has 0 aliphatic rings. The van der Waals surface area contributed by atoms with E-state index in [1.54, 1.807) is 12.1 Å². The molecule has 1 rings (SSSR count). The molecule has 4 heteroatoms. The van der Waals surface area contributed by atoms with Crippen LogP contribution in [0.3, 0.4) is 0 Å². The van der Waals surface area contributed by atoms with Gasteiger partial charge in [0.1, 0.15) is 11.3 Å². The van der Waals surface area contributed by atoms with Gasteiger partial charge in [0, 0.05) is 4.90 Å². The lowest BCUT2D eigenvalue weighted by Crippen LogP contribution is -1.96. The lowest BCUT2D eigenvalue weighted by Gasteiger charge is -2.04. The summed E-state index contributed by atoms with van der Waals surface area (Å²) in [5.41, 5.74) is -0.0431. The van der Waals surface area contributed by atoms with Crippen LogP contribution in [0.1, 0.15) is 17.3 Å². The minimum atomic E-state index is -1.10. The molecule has 13 heavy (non-hydrogen) atoms. The topological polar surface area (TPSA) is 57.5 Å². The van der Waals surface area contributed by atoms with Crippen LogP contribution in [-0.4, -0.2) is 21.9 Å². The van der Waals surface area contributed by atoms with Crippen molar-refractivity contribution in [1.29, 1.82) is 0 Å². The van der Waals surface area contributed by atoms with Crippen LogP contribution < -0.4 is 0 Å². The van der Waals surface area contributed by atoms with Gasteiger partial charge in [-0.1, -0.05) is 13.0 Å². The molecule has 0 spiro atoms. The van der Waals surface area contributed by atoms with Gasteiger partial charge in [0.25, 0.3) is 0 Å². The number of thioether (sulfide) groups is 1. The number of carboxylic acid groups (broad SMARTS) is 1. The molecule has 0 aliphatic heterocycles. The smallest absolute Gasteiger partial charge is 0.339 e. The van der Waals surface area contributed by atoms with Crippen LogP contribution in [0.5, 0.6) is 5.75 Å². The van der Waals surface area contributed by atoms with Crippen molar-refractivity contribution in [2.75, 3.05) is 5.75 Å². The predicted molar refractivity (Wildman–Crippen MR) is 51.5 cm³/mol. The van der Waals surface area contributed by atoms with Crippen molar-refractivity contribution in [3.8, 4) is 5.75 Å². The van der Waals surface area contributed by atoms with E-state index in [0.29, 0.717) is 4.90 Å². The number of aromatic hydroxyl groups is 1. The van der Waals surface area contributed by atoms with Crippen molar-refractivity contribution in [2.24, 2.45) is 0 Å². The SMILES string of the molecule is CCSc1cccc(C(=O)O)c1O. The monoisotopic (exact) mass is 198 g/mol. The van der Waals surface area contributed by atoms with Gasteiger partial charge < -0.3 is 10.2 Å². The third-order valence-electron chi connectivity index (χ3n) is 1.53. The maximum absolute atomic E-state index is 10.6. The fourth-order valence-electron chi connectivity index (χ4n) is 0.967. The number of aromatic carboxylic acids is 1. The number of hydrogen-bond donors (Lipinski definition) is 2. The van der Waals surface area contributed by atoms with Gasteiger partial charge in [0.2, 0.25) is 0 Å². The first kappa shape index (κ1) is 9.92. The highest BCUT2D eigenvalue weighted by atomic mass is 32.2. The Balaban J connectivity index is 3.10. The standard InChI is InChI=1S/C9H10O3S/c1-2-13-7-5-3-4-6(8(7)10)9(11)12/h3-5,10H,2H2,1H3,(H,11,12). The number of benzene rings is 1. The minimum absolute atomic E-state index is 0.0431. The van der Waals surface area contributed by atoms with Crippen molar-refractivity contribution in [2.45, 2.75) is 11.8 Å². The first-order valence-electron chi connectivity index (χ1n) is 3.85. The largest absolute Gasteiger partial charge is 0.506 e. The Morgan fingerprint density at radius 3 is 2.77 bits per heavy atom. The zero-order valence-corrected chi connectivity index (χ0v) is 7.97.